The largest absolute Gasteiger partial charge is 0.455 e. The molecule has 12 rings (SSSR count). The third kappa shape index (κ3) is 7.04. The van der Waals surface area contributed by atoms with Crippen LogP contribution in [0.25, 0.3) is 123 Å². The lowest BCUT2D eigenvalue weighted by Crippen LogP contribution is -2.00. The summed E-state index contributed by atoms with van der Waals surface area (Å²) in [5.41, 5.74) is 15.6. The molecule has 2 aromatic heterocycles. The summed E-state index contributed by atoms with van der Waals surface area (Å²) >= 11 is 0. The van der Waals surface area contributed by atoms with Gasteiger partial charge in [0.25, 0.3) is 0 Å². The number of aromatic nitrogens is 3. The Bertz CT molecular complexity index is 3670. The van der Waals surface area contributed by atoms with Gasteiger partial charge in [-0.3, -0.25) is 0 Å². The smallest absolute Gasteiger partial charge is 0.164 e. The first-order valence-electron chi connectivity index (χ1n) is 21.9. The van der Waals surface area contributed by atoms with Crippen LogP contribution in [0.1, 0.15) is 0 Å². The van der Waals surface area contributed by atoms with Crippen molar-refractivity contribution in [2.45, 2.75) is 0 Å². The Morgan fingerprint density at radius 1 is 0.262 bits per heavy atom. The zero-order valence-corrected chi connectivity index (χ0v) is 35.3. The van der Waals surface area contributed by atoms with Gasteiger partial charge >= 0.3 is 0 Å². The second-order valence-corrected chi connectivity index (χ2v) is 16.3. The summed E-state index contributed by atoms with van der Waals surface area (Å²) in [6.07, 6.45) is 0. The van der Waals surface area contributed by atoms with E-state index in [0.29, 0.717) is 17.5 Å². The van der Waals surface area contributed by atoms with Crippen molar-refractivity contribution in [3.05, 3.63) is 237 Å². The van der Waals surface area contributed by atoms with Gasteiger partial charge in [0.05, 0.1) is 0 Å². The Hall–Kier alpha value is -8.73. The molecule has 0 aliphatic heterocycles. The van der Waals surface area contributed by atoms with E-state index in [2.05, 4.69) is 218 Å². The highest BCUT2D eigenvalue weighted by atomic mass is 16.3. The van der Waals surface area contributed by atoms with E-state index in [1.54, 1.807) is 0 Å². The Balaban J connectivity index is 1.00. The summed E-state index contributed by atoms with van der Waals surface area (Å²) in [5, 5.41) is 4.39. The van der Waals surface area contributed by atoms with Crippen molar-refractivity contribution in [1.29, 1.82) is 0 Å². The van der Waals surface area contributed by atoms with Gasteiger partial charge in [-0.25, -0.2) is 15.0 Å². The van der Waals surface area contributed by atoms with Gasteiger partial charge < -0.3 is 4.42 Å². The van der Waals surface area contributed by atoms with Gasteiger partial charge in [0.15, 0.2) is 17.5 Å². The molecule has 304 valence electrons. The minimum absolute atomic E-state index is 0.576. The fraction of sp³-hybridized carbons (Fsp3) is 0. The van der Waals surface area contributed by atoms with Gasteiger partial charge in [-0.05, 0) is 73.0 Å². The minimum Gasteiger partial charge on any atom is -0.455 e. The van der Waals surface area contributed by atoms with Crippen LogP contribution in [0.2, 0.25) is 0 Å². The zero-order valence-electron chi connectivity index (χ0n) is 35.3. The molecule has 0 saturated heterocycles. The van der Waals surface area contributed by atoms with E-state index in [1.165, 1.54) is 27.5 Å². The SMILES string of the molecule is c1ccc(-c2ccc(-c3nc(-c4ccc(-c5cccc6ccccc56)cc4)nc(-c4cccc5oc6c(-c7ccc(-c8ccccc8)c(-c8ccccc8)c7)cccc6c45)n3)cc2)cc1. The van der Waals surface area contributed by atoms with Gasteiger partial charge in [0, 0.05) is 33.0 Å². The van der Waals surface area contributed by atoms with Gasteiger partial charge in [-0.15, -0.1) is 0 Å². The fourth-order valence-corrected chi connectivity index (χ4v) is 9.17. The molecule has 65 heavy (non-hydrogen) atoms. The van der Waals surface area contributed by atoms with E-state index >= 15 is 0 Å². The Morgan fingerprint density at radius 3 is 1.43 bits per heavy atom. The van der Waals surface area contributed by atoms with Crippen LogP contribution in [-0.4, -0.2) is 15.0 Å². The van der Waals surface area contributed by atoms with Gasteiger partial charge in [0.2, 0.25) is 0 Å². The minimum atomic E-state index is 0.576. The van der Waals surface area contributed by atoms with Crippen molar-refractivity contribution in [2.24, 2.45) is 0 Å². The van der Waals surface area contributed by atoms with E-state index in [1.807, 2.05) is 18.2 Å². The average molecular weight is 830 g/mol. The van der Waals surface area contributed by atoms with E-state index in [4.69, 9.17) is 19.4 Å². The van der Waals surface area contributed by atoms with Crippen molar-refractivity contribution in [2.75, 3.05) is 0 Å². The third-order valence-electron chi connectivity index (χ3n) is 12.4. The quantitative estimate of drug-likeness (QED) is 0.153. The van der Waals surface area contributed by atoms with Crippen LogP contribution in [0, 0.1) is 0 Å². The molecular formula is C61H39N3O. The van der Waals surface area contributed by atoms with Crippen LogP contribution in [0.15, 0.2) is 241 Å². The number of rotatable bonds is 8. The molecule has 0 fully saturated rings. The molecule has 4 heteroatoms. The molecule has 0 unspecified atom stereocenters. The number of para-hydroxylation sites is 1. The van der Waals surface area contributed by atoms with Crippen LogP contribution in [0.4, 0.5) is 0 Å². The van der Waals surface area contributed by atoms with E-state index in [0.717, 1.165) is 77.6 Å². The lowest BCUT2D eigenvalue weighted by molar-refractivity contribution is 0.670. The van der Waals surface area contributed by atoms with Crippen LogP contribution < -0.4 is 0 Å². The molecule has 0 spiro atoms. The van der Waals surface area contributed by atoms with Gasteiger partial charge in [-0.2, -0.15) is 0 Å². The molecule has 2 heterocycles. The molecule has 12 aromatic rings. The number of hydrogen-bond donors (Lipinski definition) is 0. The predicted octanol–water partition coefficient (Wildman–Crippen LogP) is 16.3. The van der Waals surface area contributed by atoms with Crippen molar-refractivity contribution in [3.63, 3.8) is 0 Å². The topological polar surface area (TPSA) is 51.8 Å². The van der Waals surface area contributed by atoms with Crippen molar-refractivity contribution in [1.82, 2.24) is 15.0 Å². The second kappa shape index (κ2) is 16.2. The predicted molar refractivity (Wildman–Crippen MR) is 268 cm³/mol. The standard InChI is InChI=1S/C61H39N3O/c1-4-15-40(16-5-1)41-29-33-46(34-30-41)59-62-60(47-35-31-45(32-36-47)50-24-12-22-43-21-10-11-23-49(43)50)64-61(63-59)54-27-14-28-56-57(54)53-26-13-25-52(58(53)65-56)48-37-38-51(42-17-6-2-7-18-42)55(39-48)44-19-8-3-9-20-44/h1-39H. The summed E-state index contributed by atoms with van der Waals surface area (Å²) < 4.78 is 6.86. The number of furan rings is 1. The summed E-state index contributed by atoms with van der Waals surface area (Å²) in [5.74, 6) is 1.77. The lowest BCUT2D eigenvalue weighted by Gasteiger charge is -2.13. The number of fused-ring (bicyclic) bond motifs is 4. The molecule has 0 bridgehead atoms. The molecule has 0 aliphatic rings. The zero-order chi connectivity index (χ0) is 43.1. The van der Waals surface area contributed by atoms with Gasteiger partial charge in [-0.1, -0.05) is 224 Å². The number of benzene rings is 10. The molecule has 0 atom stereocenters. The highest BCUT2D eigenvalue weighted by molar-refractivity contribution is 6.15. The molecule has 0 amide bonds. The average Bonchev–Trinajstić information content (AvgIpc) is 3.78. The maximum Gasteiger partial charge on any atom is 0.164 e. The fourth-order valence-electron chi connectivity index (χ4n) is 9.17. The van der Waals surface area contributed by atoms with Crippen LogP contribution >= 0.6 is 0 Å². The molecule has 4 nitrogen and oxygen atoms in total. The Labute approximate surface area is 376 Å². The van der Waals surface area contributed by atoms with Crippen LogP contribution in [0.5, 0.6) is 0 Å². The first-order valence-corrected chi connectivity index (χ1v) is 21.9. The molecular weight excluding hydrogens is 791 g/mol. The molecule has 0 saturated carbocycles. The van der Waals surface area contributed by atoms with Gasteiger partial charge in [0.1, 0.15) is 11.2 Å². The first kappa shape index (κ1) is 38.0. The summed E-state index contributed by atoms with van der Waals surface area (Å²) in [6, 6.07) is 82.9. The Morgan fingerprint density at radius 2 is 0.723 bits per heavy atom. The van der Waals surface area contributed by atoms with Crippen molar-refractivity contribution in [3.8, 4) is 89.8 Å². The third-order valence-corrected chi connectivity index (χ3v) is 12.4. The molecule has 0 N–H and O–H groups in total. The summed E-state index contributed by atoms with van der Waals surface area (Å²) in [7, 11) is 0. The number of nitrogens with zero attached hydrogens (tertiary/aromatic N) is 3. The molecule has 0 radical (unpaired) electrons. The summed E-state index contributed by atoms with van der Waals surface area (Å²) in [4.78, 5) is 15.6. The van der Waals surface area contributed by atoms with Crippen LogP contribution in [0.3, 0.4) is 0 Å². The van der Waals surface area contributed by atoms with E-state index < -0.39 is 0 Å². The summed E-state index contributed by atoms with van der Waals surface area (Å²) in [6.45, 7) is 0. The highest BCUT2D eigenvalue weighted by Crippen LogP contribution is 2.43. The van der Waals surface area contributed by atoms with Crippen molar-refractivity contribution < 1.29 is 4.42 Å². The van der Waals surface area contributed by atoms with E-state index in [9.17, 15) is 0 Å². The normalized spacial score (nSPS) is 11.4. The molecule has 10 aromatic carbocycles. The lowest BCUT2D eigenvalue weighted by atomic mass is 9.90. The monoisotopic (exact) mass is 829 g/mol. The molecule has 0 aliphatic carbocycles. The van der Waals surface area contributed by atoms with Crippen molar-refractivity contribution >= 4 is 32.7 Å². The number of hydrogen-bond acceptors (Lipinski definition) is 4. The first-order chi connectivity index (χ1) is 32.2. The van der Waals surface area contributed by atoms with Crippen LogP contribution in [-0.2, 0) is 0 Å². The Kier molecular flexibility index (Phi) is 9.46. The highest BCUT2D eigenvalue weighted by Gasteiger charge is 2.21. The maximum atomic E-state index is 6.86. The maximum absolute atomic E-state index is 6.86. The van der Waals surface area contributed by atoms with E-state index in [-0.39, 0.29) is 0 Å². The second-order valence-electron chi connectivity index (χ2n) is 16.3.